The fourth-order valence-corrected chi connectivity index (χ4v) is 10.9. The van der Waals surface area contributed by atoms with Gasteiger partial charge in [0.05, 0.1) is 22.4 Å². The van der Waals surface area contributed by atoms with Gasteiger partial charge in [0.15, 0.2) is 0 Å². The average molecular weight is 905 g/mol. The number of rotatable bonds is 20. The van der Waals surface area contributed by atoms with Crippen LogP contribution in [0.15, 0.2) is 36.9 Å². The summed E-state index contributed by atoms with van der Waals surface area (Å²) < 4.78 is 46.6. The number of ether oxygens (including phenoxy) is 3. The number of para-hydroxylation sites is 1. The first-order valence-electron chi connectivity index (χ1n) is 23.6. The molecule has 4 saturated carbocycles. The Morgan fingerprint density at radius 3 is 2.39 bits per heavy atom. The van der Waals surface area contributed by atoms with Crippen molar-refractivity contribution in [1.82, 2.24) is 24.8 Å². The molecule has 1 unspecified atom stereocenters. The Labute approximate surface area is 378 Å². The molecule has 3 heterocycles. The number of hydrogen-bond acceptors (Lipinski definition) is 11. The smallest absolute Gasteiger partial charge is 0.404 e. The summed E-state index contributed by atoms with van der Waals surface area (Å²) in [6.45, 7) is 14.6. The van der Waals surface area contributed by atoms with Crippen LogP contribution in [0.5, 0.6) is 11.6 Å². The van der Waals surface area contributed by atoms with Crippen molar-refractivity contribution >= 4 is 44.7 Å². The molecule has 1 aromatic heterocycles. The molecule has 64 heavy (non-hydrogen) atoms. The summed E-state index contributed by atoms with van der Waals surface area (Å²) in [6, 6.07) is 6.92. The van der Waals surface area contributed by atoms with Crippen LogP contribution in [0.2, 0.25) is 0 Å². The fraction of sp³-hybridized carbons (Fsp3) is 0.688. The lowest BCUT2D eigenvalue weighted by atomic mass is 9.91. The number of pyridine rings is 1. The first-order chi connectivity index (χ1) is 30.4. The number of sulfonamides is 1. The van der Waals surface area contributed by atoms with Gasteiger partial charge in [-0.25, -0.2) is 18.2 Å². The lowest BCUT2D eigenvalue weighted by Crippen LogP contribution is -2.57. The first-order valence-corrected chi connectivity index (χ1v) is 25.1. The number of carbonyl (C=O) groups excluding carboxylic acids is 4. The van der Waals surface area contributed by atoms with E-state index >= 15 is 0 Å². The van der Waals surface area contributed by atoms with Gasteiger partial charge in [-0.05, 0) is 107 Å². The summed E-state index contributed by atoms with van der Waals surface area (Å²) in [6.07, 6.45) is 11.1. The molecule has 6 fully saturated rings. The second-order valence-corrected chi connectivity index (χ2v) is 23.2. The standard InChI is InChI=1S/C48H68N6O9S/c1-6-32-26-48(32,44(57)52-64(59,60)47(5)20-21-47)51-42(56)38-25-34(29-54(38)40(55)27-46(2,3)4)62-43-36(14-9-7-8-12-31-24-39(31)63-45(49)58)41(35-13-10-11-15-37(35)50-43)61-33-18-22-53(23-19-33)28-30-16-17-30/h6,10-11,13,15,30-34,38-39H,1,7-9,12,14,16-29H2,2-5H3,(H2,49,58)(H,51,56)(H,52,57)/t31-,32-,34-,38+,39-,48?/m1/s1. The normalized spacial score (nSPS) is 27.7. The number of likely N-dealkylation sites (tertiary alicyclic amines) is 2. The number of fused-ring (bicyclic) bond motifs is 1. The van der Waals surface area contributed by atoms with Crippen LogP contribution in [0.25, 0.3) is 10.9 Å². The molecular weight excluding hydrogens is 837 g/mol. The molecule has 350 valence electrons. The highest BCUT2D eigenvalue weighted by Crippen LogP contribution is 2.48. The maximum atomic E-state index is 14.5. The van der Waals surface area contributed by atoms with Gasteiger partial charge in [-0.15, -0.1) is 6.58 Å². The molecule has 15 nitrogen and oxygen atoms in total. The van der Waals surface area contributed by atoms with Gasteiger partial charge in [0.25, 0.3) is 5.91 Å². The van der Waals surface area contributed by atoms with E-state index in [4.69, 9.17) is 24.9 Å². The zero-order valence-electron chi connectivity index (χ0n) is 38.1. The highest BCUT2D eigenvalue weighted by Gasteiger charge is 2.63. The number of nitrogens with zero attached hydrogens (tertiary/aromatic N) is 3. The highest BCUT2D eigenvalue weighted by molar-refractivity contribution is 7.91. The van der Waals surface area contributed by atoms with E-state index in [0.29, 0.717) is 31.1 Å². The topological polar surface area (TPSA) is 200 Å². The van der Waals surface area contributed by atoms with E-state index in [-0.39, 0.29) is 49.3 Å². The molecule has 6 aliphatic rings. The lowest BCUT2D eigenvalue weighted by Gasteiger charge is -2.33. The summed E-state index contributed by atoms with van der Waals surface area (Å²) in [5.74, 6) is 0.293. The van der Waals surface area contributed by atoms with E-state index in [9.17, 15) is 27.6 Å². The van der Waals surface area contributed by atoms with Crippen LogP contribution >= 0.6 is 0 Å². The number of nitrogens with one attached hydrogen (secondary N) is 2. The molecule has 2 aromatic rings. The van der Waals surface area contributed by atoms with Crippen LogP contribution in [0.4, 0.5) is 4.79 Å². The predicted molar refractivity (Wildman–Crippen MR) is 242 cm³/mol. The largest absolute Gasteiger partial charge is 0.489 e. The van der Waals surface area contributed by atoms with Crippen molar-refractivity contribution in [2.24, 2.45) is 28.9 Å². The van der Waals surface area contributed by atoms with E-state index in [1.807, 2.05) is 45.0 Å². The molecule has 2 saturated heterocycles. The van der Waals surface area contributed by atoms with Gasteiger partial charge in [0.1, 0.15) is 35.6 Å². The Morgan fingerprint density at radius 1 is 1.00 bits per heavy atom. The number of benzene rings is 1. The highest BCUT2D eigenvalue weighted by atomic mass is 32.2. The quantitative estimate of drug-likeness (QED) is 0.105. The minimum absolute atomic E-state index is 0.0171. The van der Waals surface area contributed by atoms with Crippen LogP contribution in [0.1, 0.15) is 123 Å². The van der Waals surface area contributed by atoms with Gasteiger partial charge < -0.3 is 35.1 Å². The molecule has 0 bridgehead atoms. The second-order valence-electron chi connectivity index (χ2n) is 21.0. The summed E-state index contributed by atoms with van der Waals surface area (Å²) in [7, 11) is -3.97. The molecule has 0 spiro atoms. The SMILES string of the molecule is C=C[C@@H]1CC1(NC(=O)[C@@H]1C[C@@H](Oc2nc3ccccc3c(OC3CCN(CC4CC4)CC3)c2CCCCC[C@@H]2C[C@H]2OC(N)=O)CN1C(=O)CC(C)(C)C)C(=O)NS(=O)(=O)C1(C)CC1. The minimum Gasteiger partial charge on any atom is -0.489 e. The number of amides is 4. The molecule has 4 N–H and O–H groups in total. The molecule has 16 heteroatoms. The number of primary amides is 1. The summed E-state index contributed by atoms with van der Waals surface area (Å²) in [5.41, 5.74) is 4.93. The second kappa shape index (κ2) is 18.1. The fourth-order valence-electron chi connectivity index (χ4n) is 9.63. The first kappa shape index (κ1) is 46.1. The predicted octanol–water partition coefficient (Wildman–Crippen LogP) is 5.92. The van der Waals surface area contributed by atoms with E-state index in [2.05, 4.69) is 21.5 Å². The van der Waals surface area contributed by atoms with Crippen molar-refractivity contribution in [3.63, 3.8) is 0 Å². The molecule has 1 aromatic carbocycles. The third-order valence-corrected chi connectivity index (χ3v) is 16.4. The van der Waals surface area contributed by atoms with Crippen LogP contribution in [-0.4, -0.2) is 108 Å². The molecule has 4 amide bonds. The molecule has 8 rings (SSSR count). The van der Waals surface area contributed by atoms with E-state index in [0.717, 1.165) is 92.7 Å². The van der Waals surface area contributed by atoms with E-state index < -0.39 is 56.3 Å². The molecular formula is C48H68N6O9S. The van der Waals surface area contributed by atoms with Crippen LogP contribution in [0.3, 0.4) is 0 Å². The number of nitrogens with two attached hydrogens (primary N) is 1. The Kier molecular flexibility index (Phi) is 13.0. The summed E-state index contributed by atoms with van der Waals surface area (Å²) >= 11 is 0. The lowest BCUT2D eigenvalue weighted by molar-refractivity contribution is -0.141. The molecule has 0 radical (unpaired) electrons. The number of carbonyl (C=O) groups is 4. The Morgan fingerprint density at radius 2 is 1.73 bits per heavy atom. The third-order valence-electron chi connectivity index (χ3n) is 14.3. The number of hydrogen-bond donors (Lipinski definition) is 3. The van der Waals surface area contributed by atoms with Crippen LogP contribution in [-0.2, 0) is 35.6 Å². The Bertz CT molecular complexity index is 2230. The van der Waals surface area contributed by atoms with Gasteiger partial charge >= 0.3 is 6.09 Å². The third kappa shape index (κ3) is 10.6. The Balaban J connectivity index is 1.04. The van der Waals surface area contributed by atoms with Gasteiger partial charge in [-0.2, -0.15) is 0 Å². The number of piperidine rings is 1. The summed E-state index contributed by atoms with van der Waals surface area (Å²) in [4.78, 5) is 62.7. The number of unbranched alkanes of at least 4 members (excludes halogenated alkanes) is 2. The van der Waals surface area contributed by atoms with E-state index in [1.165, 1.54) is 12.8 Å². The zero-order valence-corrected chi connectivity index (χ0v) is 38.9. The van der Waals surface area contributed by atoms with Gasteiger partial charge in [0.2, 0.25) is 27.7 Å². The number of aromatic nitrogens is 1. The molecule has 6 atom stereocenters. The Hall–Kier alpha value is -4.44. The van der Waals surface area contributed by atoms with Crippen molar-refractivity contribution in [3.05, 3.63) is 42.5 Å². The van der Waals surface area contributed by atoms with Crippen LogP contribution < -0.4 is 25.2 Å². The average Bonchev–Trinajstić information content (AvgIpc) is 4.08. The zero-order chi connectivity index (χ0) is 45.6. The van der Waals surface area contributed by atoms with Crippen molar-refractivity contribution < 1.29 is 41.8 Å². The minimum atomic E-state index is -3.97. The van der Waals surface area contributed by atoms with Crippen molar-refractivity contribution in [3.8, 4) is 11.6 Å². The van der Waals surface area contributed by atoms with Gasteiger partial charge in [-0.3, -0.25) is 19.1 Å². The van der Waals surface area contributed by atoms with Crippen molar-refractivity contribution in [1.29, 1.82) is 0 Å². The molecule has 2 aliphatic heterocycles. The van der Waals surface area contributed by atoms with Crippen LogP contribution in [0, 0.1) is 23.2 Å². The van der Waals surface area contributed by atoms with Gasteiger partial charge in [0, 0.05) is 43.8 Å². The van der Waals surface area contributed by atoms with Gasteiger partial charge in [-0.1, -0.05) is 51.8 Å². The maximum absolute atomic E-state index is 14.5. The van der Waals surface area contributed by atoms with Crippen molar-refractivity contribution in [2.45, 2.75) is 159 Å². The monoisotopic (exact) mass is 904 g/mol. The van der Waals surface area contributed by atoms with Crippen molar-refractivity contribution in [2.75, 3.05) is 26.2 Å². The molecule has 4 aliphatic carbocycles. The summed E-state index contributed by atoms with van der Waals surface area (Å²) in [5, 5.41) is 3.81. The maximum Gasteiger partial charge on any atom is 0.404 e. The van der Waals surface area contributed by atoms with E-state index in [1.54, 1.807) is 17.9 Å².